The lowest BCUT2D eigenvalue weighted by Gasteiger charge is -2.16. The third-order valence-electron chi connectivity index (χ3n) is 2.97. The topological polar surface area (TPSA) is 0 Å². The Morgan fingerprint density at radius 3 is 2.25 bits per heavy atom. The number of benzene rings is 1. The van der Waals surface area contributed by atoms with Crippen molar-refractivity contribution in [1.82, 2.24) is 0 Å². The second-order valence-electron chi connectivity index (χ2n) is 4.51. The molecule has 0 bridgehead atoms. The van der Waals surface area contributed by atoms with E-state index in [-0.39, 0.29) is 0 Å². The minimum Gasteiger partial charge on any atom is -0.0881 e. The predicted octanol–water partition coefficient (Wildman–Crippen LogP) is 5.09. The van der Waals surface area contributed by atoms with Crippen LogP contribution in [0.3, 0.4) is 0 Å². The van der Waals surface area contributed by atoms with Gasteiger partial charge in [-0.05, 0) is 39.7 Å². The van der Waals surface area contributed by atoms with Crippen molar-refractivity contribution in [3.8, 4) is 0 Å². The molecule has 0 N–H and O–H groups in total. The van der Waals surface area contributed by atoms with Crippen LogP contribution in [-0.2, 0) is 0 Å². The second kappa shape index (κ2) is 6.32. The summed E-state index contributed by atoms with van der Waals surface area (Å²) in [4.78, 5) is 0. The number of hydrogen-bond acceptors (Lipinski definition) is 0. The lowest BCUT2D eigenvalue weighted by Crippen LogP contribution is -1.99. The first-order valence-electron chi connectivity index (χ1n) is 5.96. The molecule has 0 fully saturated rings. The Hall–Kier alpha value is -1.30. The highest BCUT2D eigenvalue weighted by Crippen LogP contribution is 2.28. The van der Waals surface area contributed by atoms with E-state index in [1.54, 1.807) is 0 Å². The summed E-state index contributed by atoms with van der Waals surface area (Å²) in [5.74, 6) is 0.529. The van der Waals surface area contributed by atoms with Crippen molar-refractivity contribution in [3.05, 3.63) is 59.2 Å². The number of rotatable bonds is 4. The fraction of sp³-hybridized carbons (Fsp3) is 0.375. The third-order valence-corrected chi connectivity index (χ3v) is 2.97. The first-order chi connectivity index (χ1) is 7.65. The van der Waals surface area contributed by atoms with E-state index in [9.17, 15) is 0 Å². The molecule has 0 saturated heterocycles. The van der Waals surface area contributed by atoms with Gasteiger partial charge in [-0.25, -0.2) is 0 Å². The van der Waals surface area contributed by atoms with E-state index in [1.807, 2.05) is 0 Å². The molecule has 0 aliphatic heterocycles. The van der Waals surface area contributed by atoms with Gasteiger partial charge in [0.1, 0.15) is 0 Å². The van der Waals surface area contributed by atoms with E-state index in [2.05, 4.69) is 70.2 Å². The van der Waals surface area contributed by atoms with Gasteiger partial charge in [0, 0.05) is 5.92 Å². The summed E-state index contributed by atoms with van der Waals surface area (Å²) in [6, 6.07) is 10.8. The molecule has 0 heterocycles. The summed E-state index contributed by atoms with van der Waals surface area (Å²) < 4.78 is 0. The molecule has 0 saturated carbocycles. The molecule has 1 unspecified atom stereocenters. The molecule has 1 aromatic carbocycles. The van der Waals surface area contributed by atoms with Crippen molar-refractivity contribution in [2.75, 3.05) is 0 Å². The van der Waals surface area contributed by atoms with Gasteiger partial charge in [0.15, 0.2) is 0 Å². The molecule has 0 heteroatoms. The van der Waals surface area contributed by atoms with Crippen molar-refractivity contribution in [2.45, 2.75) is 40.0 Å². The van der Waals surface area contributed by atoms with E-state index >= 15 is 0 Å². The molecule has 0 amide bonds. The smallest absolute Gasteiger partial charge is 0.00798 e. The standard InChI is InChI=1S/C16H22/c1-5-14(4)16(12-11-13(2)3)15-9-7-6-8-10-15/h5-11,16H,12H2,1-4H3/b14-5+. The van der Waals surface area contributed by atoms with E-state index in [0.29, 0.717) is 5.92 Å². The third kappa shape index (κ3) is 3.69. The van der Waals surface area contributed by atoms with Crippen molar-refractivity contribution in [1.29, 1.82) is 0 Å². The molecule has 1 rings (SSSR count). The van der Waals surface area contributed by atoms with Gasteiger partial charge >= 0.3 is 0 Å². The fourth-order valence-electron chi connectivity index (χ4n) is 1.82. The summed E-state index contributed by atoms with van der Waals surface area (Å²) in [6.45, 7) is 8.66. The van der Waals surface area contributed by atoms with Crippen LogP contribution in [0.4, 0.5) is 0 Å². The van der Waals surface area contributed by atoms with Gasteiger partial charge in [-0.15, -0.1) is 0 Å². The van der Waals surface area contributed by atoms with Crippen LogP contribution in [0.15, 0.2) is 53.6 Å². The number of allylic oxidation sites excluding steroid dienone is 4. The Balaban J connectivity index is 2.93. The van der Waals surface area contributed by atoms with Crippen molar-refractivity contribution in [3.63, 3.8) is 0 Å². The van der Waals surface area contributed by atoms with Crippen LogP contribution in [0.2, 0.25) is 0 Å². The van der Waals surface area contributed by atoms with Gasteiger partial charge in [0.05, 0.1) is 0 Å². The monoisotopic (exact) mass is 214 g/mol. The van der Waals surface area contributed by atoms with E-state index in [0.717, 1.165) is 6.42 Å². The van der Waals surface area contributed by atoms with E-state index < -0.39 is 0 Å². The maximum atomic E-state index is 2.32. The maximum Gasteiger partial charge on any atom is 0.00798 e. The van der Waals surface area contributed by atoms with E-state index in [1.165, 1.54) is 16.7 Å². The molecule has 0 aromatic heterocycles. The average molecular weight is 214 g/mol. The van der Waals surface area contributed by atoms with Gasteiger partial charge in [-0.3, -0.25) is 0 Å². The molecule has 0 aliphatic carbocycles. The summed E-state index contributed by atoms with van der Waals surface area (Å²) in [5, 5.41) is 0. The van der Waals surface area contributed by atoms with E-state index in [4.69, 9.17) is 0 Å². The van der Waals surface area contributed by atoms with Crippen LogP contribution in [0, 0.1) is 0 Å². The average Bonchev–Trinajstić information content (AvgIpc) is 2.30. The predicted molar refractivity (Wildman–Crippen MR) is 72.7 cm³/mol. The molecular formula is C16H22. The normalized spacial score (nSPS) is 13.4. The Bertz CT molecular complexity index is 364. The van der Waals surface area contributed by atoms with Crippen LogP contribution >= 0.6 is 0 Å². The maximum absolute atomic E-state index is 2.32. The van der Waals surface area contributed by atoms with Gasteiger partial charge in [-0.1, -0.05) is 53.6 Å². The zero-order valence-corrected chi connectivity index (χ0v) is 10.8. The van der Waals surface area contributed by atoms with Crippen LogP contribution < -0.4 is 0 Å². The van der Waals surface area contributed by atoms with Crippen LogP contribution in [0.25, 0.3) is 0 Å². The Kier molecular flexibility index (Phi) is 5.04. The Morgan fingerprint density at radius 2 is 1.75 bits per heavy atom. The van der Waals surface area contributed by atoms with Gasteiger partial charge in [-0.2, -0.15) is 0 Å². The molecule has 0 aliphatic rings. The zero-order chi connectivity index (χ0) is 12.0. The summed E-state index contributed by atoms with van der Waals surface area (Å²) >= 11 is 0. The van der Waals surface area contributed by atoms with Crippen LogP contribution in [-0.4, -0.2) is 0 Å². The summed E-state index contributed by atoms with van der Waals surface area (Å²) in [5.41, 5.74) is 4.25. The quantitative estimate of drug-likeness (QED) is 0.612. The van der Waals surface area contributed by atoms with Crippen LogP contribution in [0.5, 0.6) is 0 Å². The minimum atomic E-state index is 0.529. The molecule has 0 radical (unpaired) electrons. The first-order valence-corrected chi connectivity index (χ1v) is 5.96. The lowest BCUT2D eigenvalue weighted by atomic mass is 9.88. The van der Waals surface area contributed by atoms with Crippen molar-refractivity contribution >= 4 is 0 Å². The number of hydrogen-bond donors (Lipinski definition) is 0. The fourth-order valence-corrected chi connectivity index (χ4v) is 1.82. The minimum absolute atomic E-state index is 0.529. The largest absolute Gasteiger partial charge is 0.0881 e. The summed E-state index contributed by atoms with van der Waals surface area (Å²) in [6.07, 6.45) is 5.64. The first kappa shape index (κ1) is 12.8. The molecule has 86 valence electrons. The lowest BCUT2D eigenvalue weighted by molar-refractivity contribution is 0.801. The highest BCUT2D eigenvalue weighted by atomic mass is 14.1. The second-order valence-corrected chi connectivity index (χ2v) is 4.51. The van der Waals surface area contributed by atoms with Gasteiger partial charge in [0.25, 0.3) is 0 Å². The Morgan fingerprint density at radius 1 is 1.12 bits per heavy atom. The van der Waals surface area contributed by atoms with Crippen LogP contribution in [0.1, 0.15) is 45.6 Å². The molecule has 0 nitrogen and oxygen atoms in total. The van der Waals surface area contributed by atoms with Crippen molar-refractivity contribution < 1.29 is 0 Å². The summed E-state index contributed by atoms with van der Waals surface area (Å²) in [7, 11) is 0. The zero-order valence-electron chi connectivity index (χ0n) is 10.8. The highest BCUT2D eigenvalue weighted by molar-refractivity contribution is 5.29. The molecule has 1 atom stereocenters. The molecule has 1 aromatic rings. The van der Waals surface area contributed by atoms with Gasteiger partial charge in [0.2, 0.25) is 0 Å². The highest BCUT2D eigenvalue weighted by Gasteiger charge is 2.10. The molecule has 16 heavy (non-hydrogen) atoms. The van der Waals surface area contributed by atoms with Crippen molar-refractivity contribution in [2.24, 2.45) is 0 Å². The molecular weight excluding hydrogens is 192 g/mol. The van der Waals surface area contributed by atoms with Gasteiger partial charge < -0.3 is 0 Å². The SMILES string of the molecule is C/C=C(\C)C(CC=C(C)C)c1ccccc1. The molecule has 0 spiro atoms. The Labute approximate surface area is 99.7 Å².